The van der Waals surface area contributed by atoms with Gasteiger partial charge in [-0.1, -0.05) is 103 Å². The minimum absolute atomic E-state index is 0.658. The summed E-state index contributed by atoms with van der Waals surface area (Å²) >= 11 is 0. The molecule has 0 saturated heterocycles. The van der Waals surface area contributed by atoms with Gasteiger partial charge in [0.15, 0.2) is 5.82 Å². The van der Waals surface area contributed by atoms with E-state index in [2.05, 4.69) is 115 Å². The van der Waals surface area contributed by atoms with Gasteiger partial charge < -0.3 is 0 Å². The van der Waals surface area contributed by atoms with Crippen molar-refractivity contribution in [2.24, 2.45) is 0 Å². The van der Waals surface area contributed by atoms with E-state index >= 15 is 0 Å². The molecular formula is C48H28N6. The Labute approximate surface area is 309 Å². The van der Waals surface area contributed by atoms with Gasteiger partial charge >= 0.3 is 0 Å². The van der Waals surface area contributed by atoms with Gasteiger partial charge in [0.25, 0.3) is 0 Å². The molecular weight excluding hydrogens is 661 g/mol. The van der Waals surface area contributed by atoms with Crippen LogP contribution in [0.4, 0.5) is 0 Å². The van der Waals surface area contributed by atoms with Crippen molar-refractivity contribution in [1.82, 2.24) is 29.9 Å². The molecule has 0 atom stereocenters. The zero-order valence-corrected chi connectivity index (χ0v) is 28.8. The average Bonchev–Trinajstić information content (AvgIpc) is 3.26. The summed E-state index contributed by atoms with van der Waals surface area (Å²) in [6, 6.07) is 50.6. The molecule has 54 heavy (non-hydrogen) atoms. The van der Waals surface area contributed by atoms with Gasteiger partial charge in [-0.05, 0) is 75.1 Å². The highest BCUT2D eigenvalue weighted by Gasteiger charge is 2.17. The molecule has 5 aromatic heterocycles. The van der Waals surface area contributed by atoms with E-state index in [1.54, 1.807) is 0 Å². The monoisotopic (exact) mass is 688 g/mol. The lowest BCUT2D eigenvalue weighted by Crippen LogP contribution is -1.97. The van der Waals surface area contributed by atoms with Crippen molar-refractivity contribution < 1.29 is 0 Å². The predicted octanol–water partition coefficient (Wildman–Crippen LogP) is 11.6. The predicted molar refractivity (Wildman–Crippen MR) is 220 cm³/mol. The van der Waals surface area contributed by atoms with E-state index in [4.69, 9.17) is 29.9 Å². The van der Waals surface area contributed by atoms with Gasteiger partial charge in [-0.25, -0.2) is 9.97 Å². The third kappa shape index (κ3) is 4.81. The lowest BCUT2D eigenvalue weighted by atomic mass is 9.95. The summed E-state index contributed by atoms with van der Waals surface area (Å²) < 4.78 is 0. The third-order valence-electron chi connectivity index (χ3n) is 10.4. The minimum atomic E-state index is 0.658. The Balaban J connectivity index is 1.14. The van der Waals surface area contributed by atoms with E-state index in [1.807, 2.05) is 55.1 Å². The maximum atomic E-state index is 5.25. The Morgan fingerprint density at radius 1 is 0.259 bits per heavy atom. The number of benzene rings is 6. The van der Waals surface area contributed by atoms with Gasteiger partial charge in [0.1, 0.15) is 0 Å². The third-order valence-corrected chi connectivity index (χ3v) is 10.4. The van der Waals surface area contributed by atoms with Gasteiger partial charge in [-0.15, -0.1) is 0 Å². The molecule has 0 fully saturated rings. The summed E-state index contributed by atoms with van der Waals surface area (Å²) in [5.41, 5.74) is 10.5. The molecule has 6 aromatic carbocycles. The first kappa shape index (κ1) is 30.2. The first-order chi connectivity index (χ1) is 26.8. The number of nitrogens with zero attached hydrogens (tertiary/aromatic N) is 6. The Morgan fingerprint density at radius 2 is 0.648 bits per heavy atom. The molecule has 6 heteroatoms. The second-order valence-electron chi connectivity index (χ2n) is 13.5. The fourth-order valence-corrected chi connectivity index (χ4v) is 7.88. The second kappa shape index (κ2) is 12.1. The molecule has 0 amide bonds. The van der Waals surface area contributed by atoms with Crippen molar-refractivity contribution in [3.63, 3.8) is 0 Å². The van der Waals surface area contributed by atoms with Crippen LogP contribution in [0.25, 0.3) is 110 Å². The lowest BCUT2D eigenvalue weighted by molar-refractivity contribution is 1.18. The lowest BCUT2D eigenvalue weighted by Gasteiger charge is -2.13. The SMILES string of the molecule is c1ccc(-c2ccc(-c3nc(-c4ccc5c(c4)c4cccnc4c4ncccc54)cc(-c4ccc5c(c4)c4cccnc4c4ncccc54)n3)cc2)cc1. The first-order valence-electron chi connectivity index (χ1n) is 17.9. The van der Waals surface area contributed by atoms with Gasteiger partial charge in [0, 0.05) is 63.0 Å². The summed E-state index contributed by atoms with van der Waals surface area (Å²) in [6.07, 6.45) is 7.33. The number of hydrogen-bond acceptors (Lipinski definition) is 6. The molecule has 0 spiro atoms. The molecule has 0 aliphatic heterocycles. The van der Waals surface area contributed by atoms with Crippen molar-refractivity contribution in [2.45, 2.75) is 0 Å². The summed E-state index contributed by atoms with van der Waals surface area (Å²) in [5, 5.41) is 8.74. The highest BCUT2D eigenvalue weighted by Crippen LogP contribution is 2.38. The van der Waals surface area contributed by atoms with Crippen LogP contribution in [0.15, 0.2) is 170 Å². The highest BCUT2D eigenvalue weighted by atomic mass is 14.9. The molecule has 0 aliphatic carbocycles. The van der Waals surface area contributed by atoms with E-state index in [9.17, 15) is 0 Å². The normalized spacial score (nSPS) is 11.7. The van der Waals surface area contributed by atoms with Crippen molar-refractivity contribution in [3.05, 3.63) is 170 Å². The van der Waals surface area contributed by atoms with Crippen LogP contribution < -0.4 is 0 Å². The van der Waals surface area contributed by atoms with Crippen LogP contribution in [-0.4, -0.2) is 29.9 Å². The topological polar surface area (TPSA) is 77.3 Å². The summed E-state index contributed by atoms with van der Waals surface area (Å²) in [5.74, 6) is 0.658. The van der Waals surface area contributed by atoms with Crippen molar-refractivity contribution >= 4 is 65.2 Å². The average molecular weight is 689 g/mol. The van der Waals surface area contributed by atoms with Crippen LogP contribution >= 0.6 is 0 Å². The summed E-state index contributed by atoms with van der Waals surface area (Å²) in [4.78, 5) is 29.5. The van der Waals surface area contributed by atoms with Crippen LogP contribution in [0.3, 0.4) is 0 Å². The Bertz CT molecular complexity index is 3020. The van der Waals surface area contributed by atoms with Gasteiger partial charge in [-0.3, -0.25) is 19.9 Å². The maximum absolute atomic E-state index is 5.25. The van der Waals surface area contributed by atoms with E-state index in [1.165, 1.54) is 5.56 Å². The number of fused-ring (bicyclic) bond motifs is 12. The molecule has 250 valence electrons. The molecule has 0 bridgehead atoms. The van der Waals surface area contributed by atoms with E-state index < -0.39 is 0 Å². The highest BCUT2D eigenvalue weighted by molar-refractivity contribution is 6.24. The zero-order valence-electron chi connectivity index (χ0n) is 28.8. The number of rotatable bonds is 4. The molecule has 11 rings (SSSR count). The molecule has 0 N–H and O–H groups in total. The standard InChI is InChI=1S/C48H28N6/c1-2-8-29(9-3-1)30-14-16-31(17-15-30)48-53-42(32-18-20-34-36-10-4-22-49-44(36)46-38(40(34)26-32)12-6-24-51-46)28-43(54-48)33-19-21-35-37-11-5-23-50-45(37)47-39(41(35)27-33)13-7-25-52-47/h1-28H. The molecule has 0 radical (unpaired) electrons. The Hall–Kier alpha value is -7.44. The van der Waals surface area contributed by atoms with E-state index in [0.717, 1.165) is 98.8 Å². The van der Waals surface area contributed by atoms with E-state index in [0.29, 0.717) is 5.82 Å². The smallest absolute Gasteiger partial charge is 0.160 e. The van der Waals surface area contributed by atoms with E-state index in [-0.39, 0.29) is 0 Å². The molecule has 0 aliphatic rings. The fraction of sp³-hybridized carbons (Fsp3) is 0. The number of hydrogen-bond donors (Lipinski definition) is 0. The van der Waals surface area contributed by atoms with Crippen LogP contribution in [0.5, 0.6) is 0 Å². The van der Waals surface area contributed by atoms with Gasteiger partial charge in [0.05, 0.1) is 33.5 Å². The molecule has 0 saturated carbocycles. The van der Waals surface area contributed by atoms with Gasteiger partial charge in [0.2, 0.25) is 0 Å². The van der Waals surface area contributed by atoms with Crippen LogP contribution in [-0.2, 0) is 0 Å². The Kier molecular flexibility index (Phi) is 6.75. The maximum Gasteiger partial charge on any atom is 0.160 e. The minimum Gasteiger partial charge on any atom is -0.254 e. The second-order valence-corrected chi connectivity index (χ2v) is 13.5. The molecule has 0 unspecified atom stereocenters. The van der Waals surface area contributed by atoms with Crippen LogP contribution in [0, 0.1) is 0 Å². The molecule has 5 heterocycles. The van der Waals surface area contributed by atoms with Crippen molar-refractivity contribution in [2.75, 3.05) is 0 Å². The zero-order chi connectivity index (χ0) is 35.6. The van der Waals surface area contributed by atoms with Gasteiger partial charge in [-0.2, -0.15) is 0 Å². The molecule has 6 nitrogen and oxygen atoms in total. The fourth-order valence-electron chi connectivity index (χ4n) is 7.88. The summed E-state index contributed by atoms with van der Waals surface area (Å²) in [7, 11) is 0. The largest absolute Gasteiger partial charge is 0.254 e. The van der Waals surface area contributed by atoms with Crippen LogP contribution in [0.2, 0.25) is 0 Å². The molecule has 11 aromatic rings. The number of pyridine rings is 4. The van der Waals surface area contributed by atoms with Crippen molar-refractivity contribution in [1.29, 1.82) is 0 Å². The van der Waals surface area contributed by atoms with Crippen LogP contribution in [0.1, 0.15) is 0 Å². The number of aromatic nitrogens is 6. The van der Waals surface area contributed by atoms with Crippen molar-refractivity contribution in [3.8, 4) is 45.0 Å². The summed E-state index contributed by atoms with van der Waals surface area (Å²) in [6.45, 7) is 0. The first-order valence-corrected chi connectivity index (χ1v) is 17.9. The quantitative estimate of drug-likeness (QED) is 0.171. The Morgan fingerprint density at radius 3 is 1.11 bits per heavy atom.